The van der Waals surface area contributed by atoms with Gasteiger partial charge in [-0.3, -0.25) is 9.78 Å². The number of pyridine rings is 1. The third-order valence-electron chi connectivity index (χ3n) is 6.63. The zero-order valence-electron chi connectivity index (χ0n) is 18.6. The van der Waals surface area contributed by atoms with Gasteiger partial charge in [-0.25, -0.2) is 4.79 Å². The molecule has 0 radical (unpaired) electrons. The van der Waals surface area contributed by atoms with Crippen LogP contribution in [0.4, 0.5) is 4.79 Å². The van der Waals surface area contributed by atoms with E-state index in [9.17, 15) is 9.59 Å². The Morgan fingerprint density at radius 3 is 2.39 bits per heavy atom. The summed E-state index contributed by atoms with van der Waals surface area (Å²) < 4.78 is 2.06. The van der Waals surface area contributed by atoms with Crippen molar-refractivity contribution in [3.8, 4) is 5.69 Å². The molecular weight excluding hydrogens is 390 g/mol. The maximum Gasteiger partial charge on any atom is 0.317 e. The summed E-state index contributed by atoms with van der Waals surface area (Å²) >= 11 is 0. The van der Waals surface area contributed by atoms with Gasteiger partial charge in [-0.05, 0) is 57.7 Å². The molecule has 4 rings (SSSR count). The highest BCUT2D eigenvalue weighted by atomic mass is 16.2. The second kappa shape index (κ2) is 9.54. The van der Waals surface area contributed by atoms with Crippen LogP contribution in [0.2, 0.25) is 0 Å². The normalized spacial score (nSPS) is 18.1. The van der Waals surface area contributed by atoms with Crippen molar-refractivity contribution in [2.24, 2.45) is 0 Å². The van der Waals surface area contributed by atoms with Crippen molar-refractivity contribution in [3.05, 3.63) is 47.5 Å². The molecule has 0 aromatic carbocycles. The minimum atomic E-state index is -0.0478. The molecular formula is C24H33N5O2. The largest absolute Gasteiger partial charge is 0.349 e. The van der Waals surface area contributed by atoms with E-state index in [4.69, 9.17) is 0 Å². The fraction of sp³-hybridized carbons (Fsp3) is 0.542. The number of carbonyl (C=O) groups is 2. The number of hydrogen-bond acceptors (Lipinski definition) is 3. The standard InChI is InChI=1S/C24H33N5O2/c1-17-15-22(18(2)29(17)21-9-6-12-25-16-21)23(30)26-20-10-13-28(14-11-20)24(31)27-19-7-4-3-5-8-19/h6,9,12,15-16,19-20H,3-5,7-8,10-11,13-14H2,1-2H3,(H,26,30)(H,27,31). The number of aromatic nitrogens is 2. The van der Waals surface area contributed by atoms with E-state index < -0.39 is 0 Å². The van der Waals surface area contributed by atoms with Gasteiger partial charge in [0.15, 0.2) is 0 Å². The number of carbonyl (C=O) groups excluding carboxylic acids is 2. The molecule has 2 N–H and O–H groups in total. The minimum Gasteiger partial charge on any atom is -0.349 e. The minimum absolute atomic E-state index is 0.0478. The van der Waals surface area contributed by atoms with E-state index >= 15 is 0 Å². The third-order valence-corrected chi connectivity index (χ3v) is 6.63. The van der Waals surface area contributed by atoms with Crippen LogP contribution < -0.4 is 10.6 Å². The first-order valence-electron chi connectivity index (χ1n) is 11.5. The van der Waals surface area contributed by atoms with Crippen molar-refractivity contribution < 1.29 is 9.59 Å². The molecule has 2 aromatic rings. The predicted octanol–water partition coefficient (Wildman–Crippen LogP) is 3.73. The molecule has 31 heavy (non-hydrogen) atoms. The lowest BCUT2D eigenvalue weighted by Gasteiger charge is -2.34. The summed E-state index contributed by atoms with van der Waals surface area (Å²) in [5.41, 5.74) is 3.56. The molecule has 0 unspecified atom stereocenters. The van der Waals surface area contributed by atoms with E-state index in [1.165, 1.54) is 19.3 Å². The summed E-state index contributed by atoms with van der Waals surface area (Å²) in [5.74, 6) is -0.0478. The number of amides is 3. The van der Waals surface area contributed by atoms with Gasteiger partial charge in [-0.15, -0.1) is 0 Å². The molecule has 2 aromatic heterocycles. The molecule has 1 saturated carbocycles. The predicted molar refractivity (Wildman–Crippen MR) is 121 cm³/mol. The Hall–Kier alpha value is -2.83. The summed E-state index contributed by atoms with van der Waals surface area (Å²) in [4.78, 5) is 31.6. The van der Waals surface area contributed by atoms with Gasteiger partial charge in [-0.2, -0.15) is 0 Å². The third kappa shape index (κ3) is 4.92. The van der Waals surface area contributed by atoms with Crippen LogP contribution in [0.25, 0.3) is 5.69 Å². The van der Waals surface area contributed by atoms with Gasteiger partial charge in [-0.1, -0.05) is 19.3 Å². The molecule has 0 atom stereocenters. The van der Waals surface area contributed by atoms with E-state index in [1.54, 1.807) is 12.4 Å². The van der Waals surface area contributed by atoms with Crippen LogP contribution in [-0.4, -0.2) is 51.6 Å². The number of hydrogen-bond donors (Lipinski definition) is 2. The van der Waals surface area contributed by atoms with Crippen molar-refractivity contribution in [1.29, 1.82) is 0 Å². The number of aryl methyl sites for hydroxylation is 1. The average molecular weight is 424 g/mol. The lowest BCUT2D eigenvalue weighted by Crippen LogP contribution is -2.51. The van der Waals surface area contributed by atoms with Gasteiger partial charge < -0.3 is 20.1 Å². The first kappa shape index (κ1) is 21.4. The van der Waals surface area contributed by atoms with Gasteiger partial charge in [0.25, 0.3) is 5.91 Å². The summed E-state index contributed by atoms with van der Waals surface area (Å²) in [6.07, 6.45) is 11.0. The summed E-state index contributed by atoms with van der Waals surface area (Å²) in [6.45, 7) is 5.32. The SMILES string of the molecule is Cc1cc(C(=O)NC2CCN(C(=O)NC3CCCCC3)CC2)c(C)n1-c1cccnc1. The quantitative estimate of drug-likeness (QED) is 0.787. The smallest absolute Gasteiger partial charge is 0.317 e. The summed E-state index contributed by atoms with van der Waals surface area (Å²) in [6, 6.07) is 6.29. The maximum atomic E-state index is 13.0. The highest BCUT2D eigenvalue weighted by Crippen LogP contribution is 2.21. The van der Waals surface area contributed by atoms with Gasteiger partial charge in [0, 0.05) is 42.8 Å². The fourth-order valence-electron chi connectivity index (χ4n) is 4.88. The zero-order valence-corrected chi connectivity index (χ0v) is 18.6. The van der Waals surface area contributed by atoms with E-state index in [1.807, 2.05) is 36.9 Å². The Balaban J connectivity index is 1.32. The van der Waals surface area contributed by atoms with Crippen LogP contribution in [0.1, 0.15) is 66.7 Å². The topological polar surface area (TPSA) is 79.3 Å². The zero-order chi connectivity index (χ0) is 21.8. The molecule has 0 spiro atoms. The molecule has 1 aliphatic heterocycles. The van der Waals surface area contributed by atoms with Gasteiger partial charge in [0.05, 0.1) is 17.4 Å². The number of likely N-dealkylation sites (tertiary alicyclic amines) is 1. The number of rotatable bonds is 4. The molecule has 166 valence electrons. The molecule has 3 amide bonds. The molecule has 7 nitrogen and oxygen atoms in total. The molecule has 2 fully saturated rings. The second-order valence-corrected chi connectivity index (χ2v) is 8.85. The van der Waals surface area contributed by atoms with E-state index in [0.29, 0.717) is 24.7 Å². The monoisotopic (exact) mass is 423 g/mol. The highest BCUT2D eigenvalue weighted by molar-refractivity contribution is 5.96. The van der Waals surface area contributed by atoms with E-state index in [0.717, 1.165) is 42.8 Å². The van der Waals surface area contributed by atoms with Crippen molar-refractivity contribution in [1.82, 2.24) is 25.1 Å². The highest BCUT2D eigenvalue weighted by Gasteiger charge is 2.27. The molecule has 1 saturated heterocycles. The van der Waals surface area contributed by atoms with Crippen molar-refractivity contribution in [2.45, 2.75) is 70.9 Å². The van der Waals surface area contributed by atoms with Crippen molar-refractivity contribution in [3.63, 3.8) is 0 Å². The number of nitrogens with zero attached hydrogens (tertiary/aromatic N) is 3. The molecule has 1 aliphatic carbocycles. The van der Waals surface area contributed by atoms with Crippen LogP contribution in [-0.2, 0) is 0 Å². The number of piperidine rings is 1. The van der Waals surface area contributed by atoms with Crippen LogP contribution in [0, 0.1) is 13.8 Å². The molecule has 2 aliphatic rings. The van der Waals surface area contributed by atoms with Crippen LogP contribution in [0.5, 0.6) is 0 Å². The average Bonchev–Trinajstić information content (AvgIpc) is 3.09. The van der Waals surface area contributed by atoms with Crippen molar-refractivity contribution in [2.75, 3.05) is 13.1 Å². The van der Waals surface area contributed by atoms with Crippen LogP contribution in [0.15, 0.2) is 30.6 Å². The molecule has 7 heteroatoms. The number of urea groups is 1. The number of nitrogens with one attached hydrogen (secondary N) is 2. The fourth-order valence-corrected chi connectivity index (χ4v) is 4.88. The Labute approximate surface area is 184 Å². The summed E-state index contributed by atoms with van der Waals surface area (Å²) in [5, 5.41) is 6.38. The molecule has 3 heterocycles. The second-order valence-electron chi connectivity index (χ2n) is 8.85. The molecule has 0 bridgehead atoms. The van der Waals surface area contributed by atoms with Gasteiger partial charge in [0.1, 0.15) is 0 Å². The Bertz CT molecular complexity index is 910. The lowest BCUT2D eigenvalue weighted by molar-refractivity contribution is 0.0917. The first-order chi connectivity index (χ1) is 15.0. The maximum absolute atomic E-state index is 13.0. The van der Waals surface area contributed by atoms with E-state index in [-0.39, 0.29) is 18.0 Å². The van der Waals surface area contributed by atoms with Crippen LogP contribution in [0.3, 0.4) is 0 Å². The van der Waals surface area contributed by atoms with E-state index in [2.05, 4.69) is 20.2 Å². The Morgan fingerprint density at radius 1 is 1.00 bits per heavy atom. The van der Waals surface area contributed by atoms with Crippen molar-refractivity contribution >= 4 is 11.9 Å². The van der Waals surface area contributed by atoms with Gasteiger partial charge >= 0.3 is 6.03 Å². The van der Waals surface area contributed by atoms with Gasteiger partial charge in [0.2, 0.25) is 0 Å². The first-order valence-corrected chi connectivity index (χ1v) is 11.5. The lowest BCUT2D eigenvalue weighted by atomic mass is 9.95. The Morgan fingerprint density at radius 2 is 1.71 bits per heavy atom. The summed E-state index contributed by atoms with van der Waals surface area (Å²) in [7, 11) is 0. The van der Waals surface area contributed by atoms with Crippen LogP contribution >= 0.6 is 0 Å². The Kier molecular flexibility index (Phi) is 6.59.